The lowest BCUT2D eigenvalue weighted by Gasteiger charge is -2.37. The van der Waals surface area contributed by atoms with Gasteiger partial charge in [-0.1, -0.05) is 125 Å². The number of benzene rings is 3. The van der Waals surface area contributed by atoms with Gasteiger partial charge in [0.1, 0.15) is 24.2 Å². The average molecular weight is 985 g/mol. The van der Waals surface area contributed by atoms with Crippen LogP contribution in [0, 0.1) is 5.92 Å². The van der Waals surface area contributed by atoms with E-state index in [1.54, 1.807) is 98.9 Å². The molecule has 0 radical (unpaired) electrons. The van der Waals surface area contributed by atoms with E-state index in [1.807, 2.05) is 26.8 Å². The van der Waals surface area contributed by atoms with Gasteiger partial charge in [-0.05, 0) is 75.6 Å². The Bertz CT molecular complexity index is 2230. The number of amides is 3. The standard InChI is InChI=1S/C54H72N4O13/c1-9-10-28-41(56(7)47(59)44(69-51(64)36(4)55-6)32-38-22-14-11-15-23-38)52(65)70-45(33-39-24-16-12-17-25-39)48(60)57(8)43(31-35(2)3)54(67)71-46(34-40-26-18-13-19-27-40)49(61)58-30-21-20-29-42(58)53(66)68-37(5)50(62)63/h11-19,22-27,35-37,41-46,55H,9-10,20-21,28-34H2,1-8H3,(H,62,63)/t36-,37+,41-,42-,43-,44+,45+,46+/m0/s1. The molecular formula is C54H72N4O13. The van der Waals surface area contributed by atoms with E-state index in [4.69, 9.17) is 18.9 Å². The van der Waals surface area contributed by atoms with Crippen molar-refractivity contribution in [2.24, 2.45) is 5.92 Å². The van der Waals surface area contributed by atoms with Gasteiger partial charge in [-0.15, -0.1) is 0 Å². The number of carbonyl (C=O) groups excluding carboxylic acids is 7. The minimum Gasteiger partial charge on any atom is -0.479 e. The number of piperidine rings is 1. The minimum atomic E-state index is -1.51. The van der Waals surface area contributed by atoms with Gasteiger partial charge in [0, 0.05) is 39.9 Å². The Kier molecular flexibility index (Phi) is 22.7. The molecule has 71 heavy (non-hydrogen) atoms. The fraction of sp³-hybridized carbons (Fsp3) is 0.519. The fourth-order valence-electron chi connectivity index (χ4n) is 8.24. The summed E-state index contributed by atoms with van der Waals surface area (Å²) >= 11 is 0. The second kappa shape index (κ2) is 28.3. The van der Waals surface area contributed by atoms with Gasteiger partial charge in [-0.25, -0.2) is 19.2 Å². The Balaban J connectivity index is 1.67. The first kappa shape index (κ1) is 57.0. The van der Waals surface area contributed by atoms with E-state index in [0.29, 0.717) is 36.8 Å². The first-order valence-corrected chi connectivity index (χ1v) is 24.5. The first-order chi connectivity index (χ1) is 33.9. The Morgan fingerprint density at radius 1 is 0.648 bits per heavy atom. The van der Waals surface area contributed by atoms with Gasteiger partial charge >= 0.3 is 29.8 Å². The number of likely N-dealkylation sites (N-methyl/N-ethyl adjacent to an activating group) is 3. The van der Waals surface area contributed by atoms with Crippen molar-refractivity contribution in [3.8, 4) is 0 Å². The molecule has 1 heterocycles. The number of likely N-dealkylation sites (tertiary alicyclic amines) is 1. The molecule has 1 aliphatic rings. The van der Waals surface area contributed by atoms with Crippen LogP contribution in [0.15, 0.2) is 91.0 Å². The van der Waals surface area contributed by atoms with Crippen LogP contribution in [0.25, 0.3) is 0 Å². The van der Waals surface area contributed by atoms with Crippen LogP contribution in [-0.4, -0.2) is 144 Å². The summed E-state index contributed by atoms with van der Waals surface area (Å²) in [4.78, 5) is 115. The number of carboxylic acids is 1. The summed E-state index contributed by atoms with van der Waals surface area (Å²) in [7, 11) is 4.42. The predicted octanol–water partition coefficient (Wildman–Crippen LogP) is 5.35. The average Bonchev–Trinajstić information content (AvgIpc) is 3.36. The first-order valence-electron chi connectivity index (χ1n) is 24.5. The molecule has 0 bridgehead atoms. The van der Waals surface area contributed by atoms with Crippen LogP contribution in [0.5, 0.6) is 0 Å². The van der Waals surface area contributed by atoms with Crippen LogP contribution >= 0.6 is 0 Å². The Morgan fingerprint density at radius 2 is 1.10 bits per heavy atom. The van der Waals surface area contributed by atoms with Crippen LogP contribution in [0.2, 0.25) is 0 Å². The van der Waals surface area contributed by atoms with Crippen LogP contribution in [0.1, 0.15) is 96.3 Å². The quantitative estimate of drug-likeness (QED) is 0.0767. The molecule has 17 heteroatoms. The zero-order valence-corrected chi connectivity index (χ0v) is 42.3. The third-order valence-electron chi connectivity index (χ3n) is 12.6. The van der Waals surface area contributed by atoms with Crippen molar-refractivity contribution in [1.29, 1.82) is 0 Å². The van der Waals surface area contributed by atoms with E-state index in [-0.39, 0.29) is 51.0 Å². The lowest BCUT2D eigenvalue weighted by atomic mass is 9.99. The monoisotopic (exact) mass is 985 g/mol. The number of ether oxygens (including phenoxy) is 4. The smallest absolute Gasteiger partial charge is 0.344 e. The van der Waals surface area contributed by atoms with Gasteiger partial charge in [0.2, 0.25) is 0 Å². The number of rotatable bonds is 26. The SMILES string of the molecule is CCCC[C@@H](C(=O)O[C@H](Cc1ccccc1)C(=O)N(C)[C@@H](CC(C)C)C(=O)O[C@H](Cc1ccccc1)C(=O)N1CCCC[C@H]1C(=O)O[C@H](C)C(=O)O)N(C)C(=O)[C@@H](Cc1ccccc1)OC(=O)[C@H](C)NC. The zero-order chi connectivity index (χ0) is 52.2. The highest BCUT2D eigenvalue weighted by atomic mass is 16.6. The maximum atomic E-state index is 14.9. The van der Waals surface area contributed by atoms with Crippen LogP contribution < -0.4 is 5.32 Å². The highest BCUT2D eigenvalue weighted by Gasteiger charge is 2.43. The number of nitrogens with one attached hydrogen (secondary N) is 1. The van der Waals surface area contributed by atoms with Crippen molar-refractivity contribution in [2.45, 2.75) is 147 Å². The highest BCUT2D eigenvalue weighted by molar-refractivity contribution is 5.93. The van der Waals surface area contributed by atoms with E-state index in [0.717, 1.165) is 10.5 Å². The zero-order valence-electron chi connectivity index (χ0n) is 42.3. The van der Waals surface area contributed by atoms with Crippen LogP contribution in [-0.2, 0) is 76.6 Å². The predicted molar refractivity (Wildman–Crippen MR) is 263 cm³/mol. The van der Waals surface area contributed by atoms with Gasteiger partial charge in [0.05, 0.1) is 0 Å². The molecule has 1 fully saturated rings. The van der Waals surface area contributed by atoms with E-state index in [9.17, 15) is 43.5 Å². The Labute approximate surface area is 417 Å². The largest absolute Gasteiger partial charge is 0.479 e. The molecular weight excluding hydrogens is 913 g/mol. The molecule has 0 aromatic heterocycles. The molecule has 0 spiro atoms. The molecule has 3 aromatic rings. The van der Waals surface area contributed by atoms with E-state index < -0.39 is 96.2 Å². The second-order valence-corrected chi connectivity index (χ2v) is 18.5. The summed E-state index contributed by atoms with van der Waals surface area (Å²) in [6, 6.07) is 22.4. The van der Waals surface area contributed by atoms with Crippen LogP contribution in [0.3, 0.4) is 0 Å². The summed E-state index contributed by atoms with van der Waals surface area (Å²) in [6.07, 6.45) is -3.18. The normalized spacial score (nSPS) is 16.5. The number of hydrogen-bond acceptors (Lipinski definition) is 13. The van der Waals surface area contributed by atoms with Crippen molar-refractivity contribution in [2.75, 3.05) is 27.7 Å². The fourth-order valence-corrected chi connectivity index (χ4v) is 8.24. The molecule has 2 N–H and O–H groups in total. The van der Waals surface area contributed by atoms with Gasteiger partial charge in [-0.3, -0.25) is 19.2 Å². The van der Waals surface area contributed by atoms with Crippen molar-refractivity contribution >= 4 is 47.6 Å². The topological polar surface area (TPSA) is 215 Å². The van der Waals surface area contributed by atoms with Crippen LogP contribution in [0.4, 0.5) is 0 Å². The molecule has 8 atom stereocenters. The third-order valence-corrected chi connectivity index (χ3v) is 12.6. The van der Waals surface area contributed by atoms with E-state index in [1.165, 1.54) is 30.8 Å². The lowest BCUT2D eigenvalue weighted by Crippen LogP contribution is -2.55. The van der Waals surface area contributed by atoms with Crippen molar-refractivity contribution in [1.82, 2.24) is 20.0 Å². The maximum absolute atomic E-state index is 14.9. The summed E-state index contributed by atoms with van der Waals surface area (Å²) in [5.74, 6) is -6.96. The number of unbranched alkanes of at least 4 members (excludes halogenated alkanes) is 1. The van der Waals surface area contributed by atoms with Crippen molar-refractivity contribution < 1.29 is 62.4 Å². The second-order valence-electron chi connectivity index (χ2n) is 18.5. The van der Waals surface area contributed by atoms with Crippen molar-refractivity contribution in [3.05, 3.63) is 108 Å². The summed E-state index contributed by atoms with van der Waals surface area (Å²) < 4.78 is 23.2. The number of nitrogens with zero attached hydrogens (tertiary/aromatic N) is 3. The molecule has 0 saturated carbocycles. The third kappa shape index (κ3) is 17.0. The molecule has 3 amide bonds. The molecule has 1 saturated heterocycles. The van der Waals surface area contributed by atoms with E-state index in [2.05, 4.69) is 5.32 Å². The molecule has 0 aliphatic carbocycles. The number of carboxylic acid groups (broad SMARTS) is 1. The molecule has 386 valence electrons. The Morgan fingerprint density at radius 3 is 1.56 bits per heavy atom. The number of aliphatic carboxylic acids is 1. The van der Waals surface area contributed by atoms with Crippen molar-refractivity contribution in [3.63, 3.8) is 0 Å². The number of hydrogen-bond donors (Lipinski definition) is 2. The lowest BCUT2D eigenvalue weighted by molar-refractivity contribution is -0.176. The minimum absolute atomic E-state index is 0.0318. The molecule has 17 nitrogen and oxygen atoms in total. The van der Waals surface area contributed by atoms with Gasteiger partial charge < -0.3 is 44.1 Å². The van der Waals surface area contributed by atoms with Gasteiger partial charge in [0.15, 0.2) is 24.4 Å². The maximum Gasteiger partial charge on any atom is 0.344 e. The number of esters is 4. The number of carbonyl (C=O) groups is 8. The van der Waals surface area contributed by atoms with E-state index >= 15 is 0 Å². The van der Waals surface area contributed by atoms with Gasteiger partial charge in [0.25, 0.3) is 17.7 Å². The molecule has 3 aromatic carbocycles. The summed E-state index contributed by atoms with van der Waals surface area (Å²) in [5.41, 5.74) is 2.01. The molecule has 0 unspecified atom stereocenters. The molecule has 4 rings (SSSR count). The summed E-state index contributed by atoms with van der Waals surface area (Å²) in [6.45, 7) is 8.56. The van der Waals surface area contributed by atoms with Gasteiger partial charge in [-0.2, -0.15) is 0 Å². The summed E-state index contributed by atoms with van der Waals surface area (Å²) in [5, 5.41) is 12.2. The molecule has 1 aliphatic heterocycles. The highest BCUT2D eigenvalue weighted by Crippen LogP contribution is 2.25. The Hall–Kier alpha value is -6.62.